The predicted octanol–water partition coefficient (Wildman–Crippen LogP) is 2.27. The van der Waals surface area contributed by atoms with Gasteiger partial charge in [-0.05, 0) is 32.0 Å². The van der Waals surface area contributed by atoms with Crippen LogP contribution in [-0.2, 0) is 9.47 Å². The Bertz CT molecular complexity index is 555. The standard InChI is InChI=1S/C16H24N2O6/c1-5-23-16(24-6-2)10-17-13(11-18(19)20)12-7-8-14(21-3)15(9-12)22-4/h7-9,11,16-17H,5-6,10H2,1-4H3. The third kappa shape index (κ3) is 6.05. The minimum atomic E-state index is -0.518. The molecule has 0 saturated heterocycles. The fourth-order valence-electron chi connectivity index (χ4n) is 2.06. The van der Waals surface area contributed by atoms with Gasteiger partial charge in [-0.3, -0.25) is 10.1 Å². The molecule has 0 radical (unpaired) electrons. The average molecular weight is 340 g/mol. The zero-order chi connectivity index (χ0) is 17.9. The molecule has 0 unspecified atom stereocenters. The monoisotopic (exact) mass is 340 g/mol. The van der Waals surface area contributed by atoms with E-state index in [1.54, 1.807) is 18.2 Å². The maximum absolute atomic E-state index is 10.9. The van der Waals surface area contributed by atoms with Gasteiger partial charge < -0.3 is 24.3 Å². The van der Waals surface area contributed by atoms with E-state index < -0.39 is 11.2 Å². The molecule has 0 aliphatic carbocycles. The van der Waals surface area contributed by atoms with E-state index in [9.17, 15) is 10.1 Å². The lowest BCUT2D eigenvalue weighted by Gasteiger charge is -2.19. The van der Waals surface area contributed by atoms with Crippen molar-refractivity contribution in [2.24, 2.45) is 0 Å². The van der Waals surface area contributed by atoms with Gasteiger partial charge in [-0.25, -0.2) is 0 Å². The van der Waals surface area contributed by atoms with E-state index in [-0.39, 0.29) is 6.54 Å². The number of rotatable bonds is 11. The Kier molecular flexibility index (Phi) is 8.59. The highest BCUT2D eigenvalue weighted by Gasteiger charge is 2.14. The van der Waals surface area contributed by atoms with Gasteiger partial charge in [0.1, 0.15) is 5.70 Å². The van der Waals surface area contributed by atoms with Gasteiger partial charge in [0, 0.05) is 18.8 Å². The van der Waals surface area contributed by atoms with Crippen molar-refractivity contribution in [1.82, 2.24) is 5.32 Å². The Balaban J connectivity index is 2.99. The molecule has 0 aromatic heterocycles. The molecule has 0 amide bonds. The minimum absolute atomic E-state index is 0.274. The molecular weight excluding hydrogens is 316 g/mol. The first-order valence-corrected chi connectivity index (χ1v) is 7.60. The zero-order valence-corrected chi connectivity index (χ0v) is 14.4. The van der Waals surface area contributed by atoms with E-state index in [1.807, 2.05) is 13.8 Å². The molecule has 0 atom stereocenters. The van der Waals surface area contributed by atoms with Crippen molar-refractivity contribution in [3.05, 3.63) is 40.1 Å². The number of nitrogens with one attached hydrogen (secondary N) is 1. The van der Waals surface area contributed by atoms with Crippen LogP contribution in [0, 0.1) is 10.1 Å². The van der Waals surface area contributed by atoms with Gasteiger partial charge in [-0.1, -0.05) is 0 Å². The molecule has 1 aromatic rings. The highest BCUT2D eigenvalue weighted by molar-refractivity contribution is 5.66. The molecule has 8 heteroatoms. The van der Waals surface area contributed by atoms with Crippen LogP contribution in [0.4, 0.5) is 0 Å². The molecule has 134 valence electrons. The van der Waals surface area contributed by atoms with Crippen molar-refractivity contribution in [2.45, 2.75) is 20.1 Å². The summed E-state index contributed by atoms with van der Waals surface area (Å²) in [6.45, 7) is 4.95. The van der Waals surface area contributed by atoms with Crippen LogP contribution in [0.15, 0.2) is 24.4 Å². The number of hydrogen-bond donors (Lipinski definition) is 1. The Morgan fingerprint density at radius 2 is 1.83 bits per heavy atom. The maximum atomic E-state index is 10.9. The second-order valence-electron chi connectivity index (χ2n) is 4.62. The van der Waals surface area contributed by atoms with Crippen LogP contribution in [0.1, 0.15) is 19.4 Å². The second-order valence-corrected chi connectivity index (χ2v) is 4.62. The molecule has 0 fully saturated rings. The predicted molar refractivity (Wildman–Crippen MR) is 89.6 cm³/mol. The molecule has 0 saturated carbocycles. The summed E-state index contributed by atoms with van der Waals surface area (Å²) in [4.78, 5) is 10.4. The van der Waals surface area contributed by atoms with Gasteiger partial charge in [0.15, 0.2) is 17.8 Å². The zero-order valence-electron chi connectivity index (χ0n) is 14.4. The van der Waals surface area contributed by atoms with E-state index >= 15 is 0 Å². The van der Waals surface area contributed by atoms with Gasteiger partial charge in [0.25, 0.3) is 6.20 Å². The molecule has 1 aromatic carbocycles. The second kappa shape index (κ2) is 10.5. The third-order valence-corrected chi connectivity index (χ3v) is 3.09. The lowest BCUT2D eigenvalue weighted by Crippen LogP contribution is -2.31. The summed E-state index contributed by atoms with van der Waals surface area (Å²) in [5, 5.41) is 13.9. The van der Waals surface area contributed by atoms with Gasteiger partial charge in [-0.15, -0.1) is 0 Å². The molecule has 1 rings (SSSR count). The molecule has 0 spiro atoms. The topological polar surface area (TPSA) is 92.1 Å². The number of ether oxygens (including phenoxy) is 4. The van der Waals surface area contributed by atoms with Crippen molar-refractivity contribution < 1.29 is 23.9 Å². The molecule has 0 heterocycles. The van der Waals surface area contributed by atoms with Crippen molar-refractivity contribution in [3.8, 4) is 11.5 Å². The van der Waals surface area contributed by atoms with Crippen LogP contribution < -0.4 is 14.8 Å². The molecule has 1 N–H and O–H groups in total. The fourth-order valence-corrected chi connectivity index (χ4v) is 2.06. The summed E-state index contributed by atoms with van der Waals surface area (Å²) in [6.07, 6.45) is 0.409. The van der Waals surface area contributed by atoms with Gasteiger partial charge in [0.2, 0.25) is 0 Å². The Morgan fingerprint density at radius 3 is 2.33 bits per heavy atom. The summed E-state index contributed by atoms with van der Waals surface area (Å²) < 4.78 is 21.3. The number of methoxy groups -OCH3 is 2. The Labute approximate surface area is 141 Å². The van der Waals surface area contributed by atoms with E-state index in [1.165, 1.54) is 14.2 Å². The molecule has 0 bridgehead atoms. The van der Waals surface area contributed by atoms with E-state index in [0.717, 1.165) is 6.20 Å². The Morgan fingerprint density at radius 1 is 1.21 bits per heavy atom. The van der Waals surface area contributed by atoms with Gasteiger partial charge >= 0.3 is 0 Å². The first-order valence-electron chi connectivity index (χ1n) is 7.60. The summed E-state index contributed by atoms with van der Waals surface area (Å²) in [6, 6.07) is 5.06. The molecule has 24 heavy (non-hydrogen) atoms. The molecule has 8 nitrogen and oxygen atoms in total. The van der Waals surface area contributed by atoms with Crippen molar-refractivity contribution in [1.29, 1.82) is 0 Å². The SMILES string of the molecule is CCOC(CNC(=C[N+](=O)[O-])c1ccc(OC)c(OC)c1)OCC. The Hall–Kier alpha value is -2.32. The quantitative estimate of drug-likeness (QED) is 0.375. The number of nitrogens with zero attached hydrogens (tertiary/aromatic N) is 1. The van der Waals surface area contributed by atoms with Crippen LogP contribution in [-0.4, -0.2) is 45.2 Å². The number of nitro groups is 1. The molecular formula is C16H24N2O6. The first kappa shape index (κ1) is 19.7. The van der Waals surface area contributed by atoms with Crippen molar-refractivity contribution >= 4 is 5.70 Å². The van der Waals surface area contributed by atoms with Crippen LogP contribution >= 0.6 is 0 Å². The van der Waals surface area contributed by atoms with E-state index in [0.29, 0.717) is 36.0 Å². The van der Waals surface area contributed by atoms with Crippen LogP contribution in [0.2, 0.25) is 0 Å². The third-order valence-electron chi connectivity index (χ3n) is 3.09. The van der Waals surface area contributed by atoms with Crippen LogP contribution in [0.25, 0.3) is 5.70 Å². The normalized spacial score (nSPS) is 11.5. The number of benzene rings is 1. The lowest BCUT2D eigenvalue weighted by atomic mass is 10.1. The number of hydrogen-bond acceptors (Lipinski definition) is 7. The van der Waals surface area contributed by atoms with Crippen LogP contribution in [0.3, 0.4) is 0 Å². The van der Waals surface area contributed by atoms with Crippen molar-refractivity contribution in [3.63, 3.8) is 0 Å². The fraction of sp³-hybridized carbons (Fsp3) is 0.500. The molecule has 0 aliphatic heterocycles. The largest absolute Gasteiger partial charge is 0.493 e. The highest BCUT2D eigenvalue weighted by atomic mass is 16.7. The van der Waals surface area contributed by atoms with Crippen molar-refractivity contribution in [2.75, 3.05) is 34.0 Å². The first-order chi connectivity index (χ1) is 11.5. The summed E-state index contributed by atoms with van der Waals surface area (Å²) in [7, 11) is 3.03. The smallest absolute Gasteiger partial charge is 0.258 e. The summed E-state index contributed by atoms with van der Waals surface area (Å²) >= 11 is 0. The summed E-state index contributed by atoms with van der Waals surface area (Å²) in [5.74, 6) is 1.03. The average Bonchev–Trinajstić information content (AvgIpc) is 2.57. The van der Waals surface area contributed by atoms with Gasteiger partial charge in [0.05, 0.1) is 25.7 Å². The van der Waals surface area contributed by atoms with Gasteiger partial charge in [-0.2, -0.15) is 0 Å². The molecule has 0 aliphatic rings. The highest BCUT2D eigenvalue weighted by Crippen LogP contribution is 2.29. The summed E-state index contributed by atoms with van der Waals surface area (Å²) in [5.41, 5.74) is 0.918. The van der Waals surface area contributed by atoms with E-state index in [4.69, 9.17) is 18.9 Å². The lowest BCUT2D eigenvalue weighted by molar-refractivity contribution is -0.401. The van der Waals surface area contributed by atoms with Crippen LogP contribution in [0.5, 0.6) is 11.5 Å². The minimum Gasteiger partial charge on any atom is -0.493 e. The maximum Gasteiger partial charge on any atom is 0.258 e. The van der Waals surface area contributed by atoms with E-state index in [2.05, 4.69) is 5.32 Å².